The summed E-state index contributed by atoms with van der Waals surface area (Å²) in [5.74, 6) is 0. The lowest BCUT2D eigenvalue weighted by Crippen LogP contribution is -2.00. The number of allylic oxidation sites excluding steroid dienone is 2. The molecule has 88 valence electrons. The number of halogens is 1. The minimum absolute atomic E-state index is 0.143. The van der Waals surface area contributed by atoms with Crippen molar-refractivity contribution in [2.75, 3.05) is 19.8 Å². The molecule has 0 radical (unpaired) electrons. The molecule has 0 N–H and O–H groups in total. The van der Waals surface area contributed by atoms with Crippen LogP contribution in [0.15, 0.2) is 23.2 Å². The van der Waals surface area contributed by atoms with Gasteiger partial charge in [0.05, 0.1) is 19.8 Å². The fraction of sp³-hybridized carbons (Fsp3) is 0.556. The number of hydrogen-bond acceptors (Lipinski definition) is 4. The third kappa shape index (κ3) is 7.03. The van der Waals surface area contributed by atoms with E-state index in [4.69, 9.17) is 13.6 Å². The Hall–Kier alpha value is 0.0700. The van der Waals surface area contributed by atoms with Gasteiger partial charge in [-0.25, -0.2) is 4.57 Å². The lowest BCUT2D eigenvalue weighted by atomic mass is 10.5. The number of phosphoric ester groups is 1. The Labute approximate surface area is 99.0 Å². The summed E-state index contributed by atoms with van der Waals surface area (Å²) in [4.78, 5) is 0. The van der Waals surface area contributed by atoms with Crippen LogP contribution < -0.4 is 0 Å². The molecule has 0 aromatic carbocycles. The maximum absolute atomic E-state index is 11.7. The number of hydrogen-bond donors (Lipinski definition) is 0. The smallest absolute Gasteiger partial charge is 0.287 e. The van der Waals surface area contributed by atoms with E-state index >= 15 is 0 Å². The van der Waals surface area contributed by atoms with E-state index in [1.165, 1.54) is 0 Å². The molecule has 0 bridgehead atoms. The van der Waals surface area contributed by atoms with E-state index in [0.29, 0.717) is 0 Å². The molecular weight excluding hydrogens is 283 g/mol. The van der Waals surface area contributed by atoms with Crippen molar-refractivity contribution in [2.45, 2.75) is 13.8 Å². The molecule has 0 spiro atoms. The highest BCUT2D eigenvalue weighted by Gasteiger charge is 2.24. The first-order valence-electron chi connectivity index (χ1n) is 4.59. The third-order valence-corrected chi connectivity index (χ3v) is 3.54. The summed E-state index contributed by atoms with van der Waals surface area (Å²) in [6.07, 6.45) is 3.29. The van der Waals surface area contributed by atoms with Crippen molar-refractivity contribution in [1.29, 1.82) is 0 Å². The molecule has 0 amide bonds. The predicted molar refractivity (Wildman–Crippen MR) is 64.0 cm³/mol. The van der Waals surface area contributed by atoms with Gasteiger partial charge in [-0.2, -0.15) is 0 Å². The molecule has 0 rings (SSSR count). The van der Waals surface area contributed by atoms with Gasteiger partial charge < -0.3 is 0 Å². The average molecular weight is 299 g/mol. The Balaban J connectivity index is 4.18. The van der Waals surface area contributed by atoms with Crippen LogP contribution in [0.5, 0.6) is 0 Å². The maximum atomic E-state index is 11.7. The van der Waals surface area contributed by atoms with Gasteiger partial charge in [0.2, 0.25) is 0 Å². The summed E-state index contributed by atoms with van der Waals surface area (Å²) in [5.41, 5.74) is 0. The van der Waals surface area contributed by atoms with Crippen LogP contribution in [0.2, 0.25) is 0 Å². The molecule has 0 aliphatic carbocycles. The van der Waals surface area contributed by atoms with Gasteiger partial charge in [-0.05, 0) is 19.9 Å². The molecule has 0 aliphatic rings. The van der Waals surface area contributed by atoms with Crippen LogP contribution in [-0.4, -0.2) is 19.8 Å². The summed E-state index contributed by atoms with van der Waals surface area (Å²) < 4.78 is 27.4. The van der Waals surface area contributed by atoms with E-state index in [9.17, 15) is 4.57 Å². The average Bonchev–Trinajstić information content (AvgIpc) is 2.18. The summed E-state index contributed by atoms with van der Waals surface area (Å²) in [6, 6.07) is 0. The summed E-state index contributed by atoms with van der Waals surface area (Å²) in [6.45, 7) is 7.70. The third-order valence-electron chi connectivity index (χ3n) is 1.28. The molecule has 0 aliphatic heterocycles. The first-order valence-corrected chi connectivity index (χ1v) is 6.85. The second-order valence-electron chi connectivity index (χ2n) is 2.37. The van der Waals surface area contributed by atoms with E-state index in [2.05, 4.69) is 22.5 Å². The van der Waals surface area contributed by atoms with Crippen molar-refractivity contribution < 1.29 is 18.1 Å². The standard InChI is InChI=1S/C9H16BrO4P/c1-4-9(10)7-8-14-15(11,12-5-2)13-6-3/h4,7H,1,5-6,8H2,2-3H3/b9-7-. The van der Waals surface area contributed by atoms with E-state index < -0.39 is 7.82 Å². The van der Waals surface area contributed by atoms with Crippen molar-refractivity contribution in [2.24, 2.45) is 0 Å². The van der Waals surface area contributed by atoms with Crippen molar-refractivity contribution in [3.8, 4) is 0 Å². The minimum atomic E-state index is -3.39. The topological polar surface area (TPSA) is 44.8 Å². The Kier molecular flexibility index (Phi) is 8.29. The largest absolute Gasteiger partial charge is 0.475 e. The quantitative estimate of drug-likeness (QED) is 0.507. The van der Waals surface area contributed by atoms with Crippen LogP contribution in [0.25, 0.3) is 0 Å². The molecule has 0 aromatic rings. The van der Waals surface area contributed by atoms with Crippen molar-refractivity contribution >= 4 is 23.8 Å². The zero-order chi connectivity index (χ0) is 11.7. The first kappa shape index (κ1) is 15.1. The fourth-order valence-corrected chi connectivity index (χ4v) is 1.96. The second kappa shape index (κ2) is 8.25. The summed E-state index contributed by atoms with van der Waals surface area (Å²) in [5, 5.41) is 0. The van der Waals surface area contributed by atoms with Crippen LogP contribution in [0.3, 0.4) is 0 Å². The van der Waals surface area contributed by atoms with E-state index in [1.807, 2.05) is 0 Å². The van der Waals surface area contributed by atoms with Crippen molar-refractivity contribution in [3.63, 3.8) is 0 Å². The summed E-state index contributed by atoms with van der Waals surface area (Å²) in [7, 11) is -3.39. The van der Waals surface area contributed by atoms with Gasteiger partial charge in [-0.1, -0.05) is 28.6 Å². The first-order chi connectivity index (χ1) is 7.08. The van der Waals surface area contributed by atoms with Crippen LogP contribution in [0.4, 0.5) is 0 Å². The van der Waals surface area contributed by atoms with Gasteiger partial charge in [0, 0.05) is 4.48 Å². The van der Waals surface area contributed by atoms with Crippen LogP contribution in [-0.2, 0) is 18.1 Å². The van der Waals surface area contributed by atoms with Gasteiger partial charge in [0.15, 0.2) is 0 Å². The maximum Gasteiger partial charge on any atom is 0.475 e. The molecule has 0 fully saturated rings. The highest BCUT2D eigenvalue weighted by molar-refractivity contribution is 9.11. The van der Waals surface area contributed by atoms with E-state index in [0.717, 1.165) is 4.48 Å². The van der Waals surface area contributed by atoms with Crippen molar-refractivity contribution in [3.05, 3.63) is 23.2 Å². The fourth-order valence-electron chi connectivity index (χ4n) is 0.720. The molecule has 4 nitrogen and oxygen atoms in total. The molecule has 0 unspecified atom stereocenters. The Morgan fingerprint density at radius 2 is 1.87 bits per heavy atom. The van der Waals surface area contributed by atoms with Crippen molar-refractivity contribution in [1.82, 2.24) is 0 Å². The monoisotopic (exact) mass is 298 g/mol. The number of phosphoric acid groups is 1. The van der Waals surface area contributed by atoms with E-state index in [-0.39, 0.29) is 19.8 Å². The Morgan fingerprint density at radius 1 is 1.33 bits per heavy atom. The molecule has 0 heterocycles. The molecule has 0 aromatic heterocycles. The van der Waals surface area contributed by atoms with Crippen LogP contribution >= 0.6 is 23.8 Å². The highest BCUT2D eigenvalue weighted by atomic mass is 79.9. The lowest BCUT2D eigenvalue weighted by molar-refractivity contribution is 0.131. The Morgan fingerprint density at radius 3 is 2.27 bits per heavy atom. The minimum Gasteiger partial charge on any atom is -0.287 e. The molecule has 0 saturated heterocycles. The SMILES string of the molecule is C=C/C(Br)=C/COP(=O)(OCC)OCC. The molecule has 0 saturated carbocycles. The van der Waals surface area contributed by atoms with Gasteiger partial charge in [0.1, 0.15) is 0 Å². The van der Waals surface area contributed by atoms with Gasteiger partial charge in [0.25, 0.3) is 0 Å². The Bertz CT molecular complexity index is 255. The normalized spacial score (nSPS) is 12.9. The summed E-state index contributed by atoms with van der Waals surface area (Å²) >= 11 is 3.21. The zero-order valence-corrected chi connectivity index (χ0v) is 11.4. The zero-order valence-electron chi connectivity index (χ0n) is 8.94. The van der Waals surface area contributed by atoms with E-state index in [1.54, 1.807) is 26.0 Å². The van der Waals surface area contributed by atoms with Gasteiger partial charge in [-0.3, -0.25) is 13.6 Å². The second-order valence-corrected chi connectivity index (χ2v) is 4.96. The molecule has 6 heteroatoms. The van der Waals surface area contributed by atoms with Crippen LogP contribution in [0.1, 0.15) is 13.8 Å². The highest BCUT2D eigenvalue weighted by Crippen LogP contribution is 2.49. The molecule has 15 heavy (non-hydrogen) atoms. The molecular formula is C9H16BrO4P. The van der Waals surface area contributed by atoms with Crippen LogP contribution in [0, 0.1) is 0 Å². The predicted octanol–water partition coefficient (Wildman–Crippen LogP) is 3.65. The van der Waals surface area contributed by atoms with Gasteiger partial charge in [-0.15, -0.1) is 0 Å². The molecule has 0 atom stereocenters. The lowest BCUT2D eigenvalue weighted by Gasteiger charge is -2.15. The van der Waals surface area contributed by atoms with Gasteiger partial charge >= 0.3 is 7.82 Å². The number of rotatable bonds is 8.